The van der Waals surface area contributed by atoms with Crippen molar-refractivity contribution >= 4 is 0 Å². The molecule has 1 aliphatic rings. The first-order valence-corrected chi connectivity index (χ1v) is 5.76. The normalized spacial score (nSPS) is 25.2. The number of furan rings is 1. The molecule has 0 radical (unpaired) electrons. The van der Waals surface area contributed by atoms with Crippen LogP contribution in [-0.4, -0.2) is 30.9 Å². The molecule has 0 bridgehead atoms. The number of hydrogen-bond donors (Lipinski definition) is 2. The van der Waals surface area contributed by atoms with Crippen molar-refractivity contribution in [2.24, 2.45) is 0 Å². The van der Waals surface area contributed by atoms with Gasteiger partial charge in [-0.05, 0) is 31.9 Å². The zero-order valence-corrected chi connectivity index (χ0v) is 9.61. The molecule has 0 amide bonds. The first kappa shape index (κ1) is 11.6. The second-order valence-corrected chi connectivity index (χ2v) is 4.55. The molecule has 4 heteroatoms. The van der Waals surface area contributed by atoms with Gasteiger partial charge in [0.25, 0.3) is 0 Å². The van der Waals surface area contributed by atoms with E-state index in [1.54, 1.807) is 25.3 Å². The minimum Gasteiger partial charge on any atom is -0.466 e. The van der Waals surface area contributed by atoms with Crippen molar-refractivity contribution < 1.29 is 14.3 Å². The highest BCUT2D eigenvalue weighted by Gasteiger charge is 2.27. The van der Waals surface area contributed by atoms with Gasteiger partial charge in [-0.1, -0.05) is 0 Å². The van der Waals surface area contributed by atoms with Crippen molar-refractivity contribution in [1.29, 1.82) is 0 Å². The van der Waals surface area contributed by atoms with Crippen molar-refractivity contribution in [1.82, 2.24) is 5.32 Å². The lowest BCUT2D eigenvalue weighted by molar-refractivity contribution is 0.0177. The summed E-state index contributed by atoms with van der Waals surface area (Å²) in [5.74, 6) is 0.594. The zero-order valence-electron chi connectivity index (χ0n) is 9.61. The van der Waals surface area contributed by atoms with Crippen LogP contribution in [0.2, 0.25) is 0 Å². The molecule has 0 aromatic carbocycles. The topological polar surface area (TPSA) is 54.6 Å². The van der Waals surface area contributed by atoms with Gasteiger partial charge in [0.15, 0.2) is 0 Å². The van der Waals surface area contributed by atoms with Crippen molar-refractivity contribution in [2.45, 2.75) is 31.4 Å². The average molecular weight is 225 g/mol. The minimum absolute atomic E-state index is 0.343. The van der Waals surface area contributed by atoms with Crippen LogP contribution < -0.4 is 5.32 Å². The van der Waals surface area contributed by atoms with E-state index in [1.807, 2.05) is 0 Å². The maximum absolute atomic E-state index is 10.2. The molecule has 90 valence electrons. The van der Waals surface area contributed by atoms with E-state index >= 15 is 0 Å². The molecule has 1 aromatic rings. The lowest BCUT2D eigenvalue weighted by Crippen LogP contribution is -2.44. The Morgan fingerprint density at radius 1 is 1.62 bits per heavy atom. The summed E-state index contributed by atoms with van der Waals surface area (Å²) in [4.78, 5) is 0. The number of aliphatic hydroxyl groups is 1. The standard InChI is InChI=1S/C12H19NO3/c1-12(14,11-5-3-7-16-11)9-13-10-4-2-6-15-8-10/h3,5,7,10,13-14H,2,4,6,8-9H2,1H3. The van der Waals surface area contributed by atoms with Gasteiger partial charge in [0, 0.05) is 19.2 Å². The Morgan fingerprint density at radius 3 is 3.12 bits per heavy atom. The fourth-order valence-corrected chi connectivity index (χ4v) is 1.92. The Morgan fingerprint density at radius 2 is 2.50 bits per heavy atom. The second-order valence-electron chi connectivity index (χ2n) is 4.55. The largest absolute Gasteiger partial charge is 0.466 e. The molecule has 2 N–H and O–H groups in total. The highest BCUT2D eigenvalue weighted by atomic mass is 16.5. The molecule has 0 saturated carbocycles. The summed E-state index contributed by atoms with van der Waals surface area (Å²) < 4.78 is 10.6. The fourth-order valence-electron chi connectivity index (χ4n) is 1.92. The van der Waals surface area contributed by atoms with Crippen molar-refractivity contribution in [2.75, 3.05) is 19.8 Å². The van der Waals surface area contributed by atoms with Gasteiger partial charge in [0.2, 0.25) is 0 Å². The number of hydrogen-bond acceptors (Lipinski definition) is 4. The smallest absolute Gasteiger partial charge is 0.136 e. The third-order valence-corrected chi connectivity index (χ3v) is 2.95. The van der Waals surface area contributed by atoms with Gasteiger partial charge in [0.05, 0.1) is 12.9 Å². The van der Waals surface area contributed by atoms with Gasteiger partial charge in [-0.25, -0.2) is 0 Å². The third-order valence-electron chi connectivity index (χ3n) is 2.95. The summed E-state index contributed by atoms with van der Waals surface area (Å²) in [5.41, 5.74) is -0.957. The van der Waals surface area contributed by atoms with Crippen LogP contribution in [0.15, 0.2) is 22.8 Å². The first-order chi connectivity index (χ1) is 7.68. The van der Waals surface area contributed by atoms with Gasteiger partial charge < -0.3 is 19.6 Å². The van der Waals surface area contributed by atoms with Gasteiger partial charge in [-0.15, -0.1) is 0 Å². The molecule has 2 rings (SSSR count). The Kier molecular flexibility index (Phi) is 3.63. The van der Waals surface area contributed by atoms with Gasteiger partial charge in [-0.3, -0.25) is 0 Å². The van der Waals surface area contributed by atoms with Crippen molar-refractivity contribution in [3.63, 3.8) is 0 Å². The van der Waals surface area contributed by atoms with E-state index < -0.39 is 5.60 Å². The lowest BCUT2D eigenvalue weighted by atomic mass is 10.0. The lowest BCUT2D eigenvalue weighted by Gasteiger charge is -2.28. The predicted molar refractivity (Wildman–Crippen MR) is 60.1 cm³/mol. The third kappa shape index (κ3) is 2.84. The summed E-state index contributed by atoms with van der Waals surface area (Å²) in [6.07, 6.45) is 3.77. The molecule has 1 aromatic heterocycles. The highest BCUT2D eigenvalue weighted by molar-refractivity contribution is 5.08. The molecular weight excluding hydrogens is 206 g/mol. The Bertz CT molecular complexity index is 302. The summed E-state index contributed by atoms with van der Waals surface area (Å²) in [7, 11) is 0. The number of rotatable bonds is 4. The van der Waals surface area contributed by atoms with E-state index in [2.05, 4.69) is 5.32 Å². The highest BCUT2D eigenvalue weighted by Crippen LogP contribution is 2.20. The SMILES string of the molecule is CC(O)(CNC1CCCOC1)c1ccco1. The van der Waals surface area contributed by atoms with Crippen LogP contribution in [0, 0.1) is 0 Å². The molecule has 2 heterocycles. The second kappa shape index (κ2) is 4.99. The van der Waals surface area contributed by atoms with Crippen LogP contribution in [-0.2, 0) is 10.3 Å². The molecule has 16 heavy (non-hydrogen) atoms. The van der Waals surface area contributed by atoms with Gasteiger partial charge >= 0.3 is 0 Å². The molecule has 4 nitrogen and oxygen atoms in total. The average Bonchev–Trinajstić information content (AvgIpc) is 2.82. The van der Waals surface area contributed by atoms with E-state index in [4.69, 9.17) is 9.15 Å². The molecular formula is C12H19NO3. The quantitative estimate of drug-likeness (QED) is 0.810. The molecule has 0 spiro atoms. The van der Waals surface area contributed by atoms with Crippen LogP contribution >= 0.6 is 0 Å². The number of nitrogens with one attached hydrogen (secondary N) is 1. The molecule has 0 aliphatic carbocycles. The van der Waals surface area contributed by atoms with E-state index in [0.717, 1.165) is 26.1 Å². The maximum Gasteiger partial charge on any atom is 0.136 e. The summed E-state index contributed by atoms with van der Waals surface area (Å²) in [6, 6.07) is 3.92. The molecule has 1 aliphatic heterocycles. The summed E-state index contributed by atoms with van der Waals surface area (Å²) in [6.45, 7) is 3.82. The summed E-state index contributed by atoms with van der Waals surface area (Å²) >= 11 is 0. The minimum atomic E-state index is -0.957. The Balaban J connectivity index is 1.84. The Hall–Kier alpha value is -0.840. The molecule has 1 saturated heterocycles. The van der Waals surface area contributed by atoms with Crippen LogP contribution in [0.1, 0.15) is 25.5 Å². The predicted octanol–water partition coefficient (Wildman–Crippen LogP) is 1.26. The zero-order chi connectivity index (χ0) is 11.4. The van der Waals surface area contributed by atoms with Crippen LogP contribution in [0.3, 0.4) is 0 Å². The van der Waals surface area contributed by atoms with Crippen LogP contribution in [0.4, 0.5) is 0 Å². The number of ether oxygens (including phenoxy) is 1. The van der Waals surface area contributed by atoms with E-state index in [-0.39, 0.29) is 0 Å². The van der Waals surface area contributed by atoms with Gasteiger partial charge in [-0.2, -0.15) is 0 Å². The molecule has 1 fully saturated rings. The fraction of sp³-hybridized carbons (Fsp3) is 0.667. The Labute approximate surface area is 95.6 Å². The first-order valence-electron chi connectivity index (χ1n) is 5.76. The van der Waals surface area contributed by atoms with Crippen LogP contribution in [0.5, 0.6) is 0 Å². The van der Waals surface area contributed by atoms with E-state index in [9.17, 15) is 5.11 Å². The van der Waals surface area contributed by atoms with Gasteiger partial charge in [0.1, 0.15) is 11.4 Å². The summed E-state index contributed by atoms with van der Waals surface area (Å²) in [5, 5.41) is 13.5. The van der Waals surface area contributed by atoms with E-state index in [0.29, 0.717) is 18.3 Å². The van der Waals surface area contributed by atoms with E-state index in [1.165, 1.54) is 0 Å². The van der Waals surface area contributed by atoms with Crippen LogP contribution in [0.25, 0.3) is 0 Å². The maximum atomic E-state index is 10.2. The monoisotopic (exact) mass is 225 g/mol. The van der Waals surface area contributed by atoms with Crippen molar-refractivity contribution in [3.05, 3.63) is 24.2 Å². The molecule has 2 atom stereocenters. The van der Waals surface area contributed by atoms with Crippen molar-refractivity contribution in [3.8, 4) is 0 Å². The molecule has 2 unspecified atom stereocenters.